The standard InChI is InChI=1S/C15H13FN2O2S/c1-21(19,20)14-8-12-6-7-18(15(12)17-9-14)10-11-2-4-13(16)5-3-11/h2-9H,10H2,1H3. The Morgan fingerprint density at radius 1 is 1.19 bits per heavy atom. The van der Waals surface area contributed by atoms with E-state index in [0.717, 1.165) is 17.2 Å². The van der Waals surface area contributed by atoms with Crippen molar-refractivity contribution in [1.82, 2.24) is 9.55 Å². The zero-order valence-corrected chi connectivity index (χ0v) is 12.1. The fraction of sp³-hybridized carbons (Fsp3) is 0.133. The highest BCUT2D eigenvalue weighted by molar-refractivity contribution is 7.90. The molecule has 3 rings (SSSR count). The first-order valence-corrected chi connectivity index (χ1v) is 8.22. The molecule has 2 heterocycles. The Labute approximate surface area is 121 Å². The van der Waals surface area contributed by atoms with Gasteiger partial charge in [0.15, 0.2) is 9.84 Å². The average Bonchev–Trinajstić information content (AvgIpc) is 2.83. The highest BCUT2D eigenvalue weighted by Gasteiger charge is 2.10. The largest absolute Gasteiger partial charge is 0.328 e. The van der Waals surface area contributed by atoms with Gasteiger partial charge in [-0.25, -0.2) is 17.8 Å². The van der Waals surface area contributed by atoms with E-state index in [-0.39, 0.29) is 10.7 Å². The quantitative estimate of drug-likeness (QED) is 0.747. The van der Waals surface area contributed by atoms with Gasteiger partial charge in [0.1, 0.15) is 11.5 Å². The SMILES string of the molecule is CS(=O)(=O)c1cnc2c(ccn2Cc2ccc(F)cc2)c1. The third kappa shape index (κ3) is 2.80. The zero-order valence-electron chi connectivity index (χ0n) is 11.3. The van der Waals surface area contributed by atoms with Crippen LogP contribution in [-0.4, -0.2) is 24.2 Å². The first-order valence-electron chi connectivity index (χ1n) is 6.33. The van der Waals surface area contributed by atoms with Crippen LogP contribution in [0.25, 0.3) is 11.0 Å². The van der Waals surface area contributed by atoms with E-state index in [1.807, 2.05) is 16.8 Å². The molecule has 0 radical (unpaired) electrons. The maximum absolute atomic E-state index is 12.9. The molecule has 0 aliphatic carbocycles. The number of hydrogen-bond donors (Lipinski definition) is 0. The van der Waals surface area contributed by atoms with Gasteiger partial charge in [0, 0.05) is 30.6 Å². The molecule has 21 heavy (non-hydrogen) atoms. The third-order valence-electron chi connectivity index (χ3n) is 3.27. The van der Waals surface area contributed by atoms with Crippen LogP contribution < -0.4 is 0 Å². The molecule has 108 valence electrons. The number of fused-ring (bicyclic) bond motifs is 1. The van der Waals surface area contributed by atoms with Crippen molar-refractivity contribution in [3.8, 4) is 0 Å². The van der Waals surface area contributed by atoms with Gasteiger partial charge in [0.2, 0.25) is 0 Å². The van der Waals surface area contributed by atoms with Gasteiger partial charge in [0.05, 0.1) is 4.90 Å². The van der Waals surface area contributed by atoms with E-state index in [2.05, 4.69) is 4.98 Å². The Morgan fingerprint density at radius 3 is 2.57 bits per heavy atom. The van der Waals surface area contributed by atoms with Crippen LogP contribution in [0.2, 0.25) is 0 Å². The molecule has 3 aromatic rings. The van der Waals surface area contributed by atoms with Gasteiger partial charge in [-0.05, 0) is 29.8 Å². The smallest absolute Gasteiger partial charge is 0.177 e. The summed E-state index contributed by atoms with van der Waals surface area (Å²) in [5, 5.41) is 0.764. The Kier molecular flexibility index (Phi) is 3.25. The fourth-order valence-corrected chi connectivity index (χ4v) is 2.76. The highest BCUT2D eigenvalue weighted by Crippen LogP contribution is 2.19. The number of nitrogens with zero attached hydrogens (tertiary/aromatic N) is 2. The number of pyridine rings is 1. The zero-order chi connectivity index (χ0) is 15.0. The fourth-order valence-electron chi connectivity index (χ4n) is 2.17. The molecule has 1 aromatic carbocycles. The molecule has 0 amide bonds. The number of hydrogen-bond acceptors (Lipinski definition) is 3. The van der Waals surface area contributed by atoms with Crippen LogP contribution in [0.3, 0.4) is 0 Å². The van der Waals surface area contributed by atoms with Crippen LogP contribution in [0.4, 0.5) is 4.39 Å². The molecule has 0 bridgehead atoms. The lowest BCUT2D eigenvalue weighted by molar-refractivity contribution is 0.601. The number of benzene rings is 1. The summed E-state index contributed by atoms with van der Waals surface area (Å²) in [6.45, 7) is 0.551. The van der Waals surface area contributed by atoms with E-state index in [9.17, 15) is 12.8 Å². The van der Waals surface area contributed by atoms with Crippen molar-refractivity contribution in [3.63, 3.8) is 0 Å². The molecule has 0 unspecified atom stereocenters. The molecular formula is C15H13FN2O2S. The molecule has 4 nitrogen and oxygen atoms in total. The van der Waals surface area contributed by atoms with Gasteiger partial charge < -0.3 is 4.57 Å². The minimum atomic E-state index is -3.26. The maximum Gasteiger partial charge on any atom is 0.177 e. The molecule has 0 aliphatic heterocycles. The highest BCUT2D eigenvalue weighted by atomic mass is 32.2. The molecule has 0 fully saturated rings. The minimum Gasteiger partial charge on any atom is -0.328 e. The molecule has 0 saturated carbocycles. The van der Waals surface area contributed by atoms with E-state index in [0.29, 0.717) is 12.2 Å². The average molecular weight is 304 g/mol. The van der Waals surface area contributed by atoms with Gasteiger partial charge in [-0.1, -0.05) is 12.1 Å². The second-order valence-corrected chi connectivity index (χ2v) is 6.94. The lowest BCUT2D eigenvalue weighted by Crippen LogP contribution is -2.01. The first-order chi connectivity index (χ1) is 9.93. The lowest BCUT2D eigenvalue weighted by Gasteiger charge is -2.05. The van der Waals surface area contributed by atoms with Crippen LogP contribution in [-0.2, 0) is 16.4 Å². The van der Waals surface area contributed by atoms with Gasteiger partial charge >= 0.3 is 0 Å². The first kappa shape index (κ1) is 13.8. The van der Waals surface area contributed by atoms with Gasteiger partial charge in [-0.15, -0.1) is 0 Å². The summed E-state index contributed by atoms with van der Waals surface area (Å²) in [5.41, 5.74) is 1.65. The number of halogens is 1. The topological polar surface area (TPSA) is 52.0 Å². The van der Waals surface area contributed by atoms with E-state index >= 15 is 0 Å². The van der Waals surface area contributed by atoms with Crippen molar-refractivity contribution in [3.05, 3.63) is 60.2 Å². The summed E-state index contributed by atoms with van der Waals surface area (Å²) >= 11 is 0. The molecule has 2 aromatic heterocycles. The predicted molar refractivity (Wildman–Crippen MR) is 78.3 cm³/mol. The Bertz CT molecular complexity index is 899. The summed E-state index contributed by atoms with van der Waals surface area (Å²) < 4.78 is 37.8. The van der Waals surface area contributed by atoms with Gasteiger partial charge in [-0.3, -0.25) is 0 Å². The molecule has 6 heteroatoms. The molecule has 0 saturated heterocycles. The summed E-state index contributed by atoms with van der Waals surface area (Å²) in [4.78, 5) is 4.43. The van der Waals surface area contributed by atoms with Crippen molar-refractivity contribution >= 4 is 20.9 Å². The molecular weight excluding hydrogens is 291 g/mol. The number of rotatable bonds is 3. The van der Waals surface area contributed by atoms with Crippen molar-refractivity contribution in [2.75, 3.05) is 6.26 Å². The van der Waals surface area contributed by atoms with E-state index in [1.54, 1.807) is 18.2 Å². The summed E-state index contributed by atoms with van der Waals surface area (Å²) in [7, 11) is -3.26. The number of aromatic nitrogens is 2. The van der Waals surface area contributed by atoms with E-state index < -0.39 is 9.84 Å². The van der Waals surface area contributed by atoms with Crippen LogP contribution >= 0.6 is 0 Å². The van der Waals surface area contributed by atoms with E-state index in [4.69, 9.17) is 0 Å². The normalized spacial score (nSPS) is 11.9. The predicted octanol–water partition coefficient (Wildman–Crippen LogP) is 2.63. The van der Waals surface area contributed by atoms with Crippen LogP contribution in [0.5, 0.6) is 0 Å². The van der Waals surface area contributed by atoms with Crippen LogP contribution in [0, 0.1) is 5.82 Å². The lowest BCUT2D eigenvalue weighted by atomic mass is 10.2. The van der Waals surface area contributed by atoms with Crippen LogP contribution in [0.15, 0.2) is 53.7 Å². The van der Waals surface area contributed by atoms with Crippen molar-refractivity contribution in [2.24, 2.45) is 0 Å². The summed E-state index contributed by atoms with van der Waals surface area (Å²) in [6, 6.07) is 9.68. The Hall–Kier alpha value is -2.21. The van der Waals surface area contributed by atoms with E-state index in [1.165, 1.54) is 18.3 Å². The van der Waals surface area contributed by atoms with Crippen LogP contribution in [0.1, 0.15) is 5.56 Å². The number of sulfone groups is 1. The van der Waals surface area contributed by atoms with Crippen molar-refractivity contribution < 1.29 is 12.8 Å². The monoisotopic (exact) mass is 304 g/mol. The Balaban J connectivity index is 1.99. The third-order valence-corrected chi connectivity index (χ3v) is 4.35. The van der Waals surface area contributed by atoms with Crippen molar-refractivity contribution in [1.29, 1.82) is 0 Å². The Morgan fingerprint density at radius 2 is 1.90 bits per heavy atom. The van der Waals surface area contributed by atoms with Crippen molar-refractivity contribution in [2.45, 2.75) is 11.4 Å². The molecule has 0 atom stereocenters. The minimum absolute atomic E-state index is 0.203. The summed E-state index contributed by atoms with van der Waals surface area (Å²) in [6.07, 6.45) is 4.36. The molecule has 0 aliphatic rings. The van der Waals surface area contributed by atoms with Gasteiger partial charge in [-0.2, -0.15) is 0 Å². The van der Waals surface area contributed by atoms with Gasteiger partial charge in [0.25, 0.3) is 0 Å². The second-order valence-electron chi connectivity index (χ2n) is 4.93. The molecule has 0 N–H and O–H groups in total. The molecule has 0 spiro atoms. The second kappa shape index (κ2) is 4.96. The maximum atomic E-state index is 12.9. The summed E-state index contributed by atoms with van der Waals surface area (Å²) in [5.74, 6) is -0.271.